The summed E-state index contributed by atoms with van der Waals surface area (Å²) in [6.07, 6.45) is 10.1. The molecular weight excluding hydrogens is 382 g/mol. The molecule has 0 unspecified atom stereocenters. The normalized spacial score (nSPS) is 21.9. The van der Waals surface area contributed by atoms with E-state index in [1.165, 1.54) is 18.4 Å². The van der Waals surface area contributed by atoms with Gasteiger partial charge in [0.25, 0.3) is 0 Å². The third-order valence-electron chi connectivity index (χ3n) is 6.26. The molecule has 0 spiro atoms. The number of hydrogen-bond acceptors (Lipinski definition) is 6. The van der Waals surface area contributed by atoms with Gasteiger partial charge in [-0.15, -0.1) is 11.3 Å². The van der Waals surface area contributed by atoms with Gasteiger partial charge in [-0.2, -0.15) is 0 Å². The molecule has 2 aliphatic heterocycles. The van der Waals surface area contributed by atoms with Crippen molar-refractivity contribution in [2.45, 2.75) is 44.8 Å². The van der Waals surface area contributed by atoms with Crippen molar-refractivity contribution < 1.29 is 4.79 Å². The summed E-state index contributed by atoms with van der Waals surface area (Å²) in [6, 6.07) is 4.83. The minimum Gasteiger partial charge on any atom is -0.339 e. The molecule has 0 aliphatic carbocycles. The lowest BCUT2D eigenvalue weighted by Gasteiger charge is -2.42. The van der Waals surface area contributed by atoms with Gasteiger partial charge in [-0.3, -0.25) is 19.6 Å². The monoisotopic (exact) mass is 413 g/mol. The van der Waals surface area contributed by atoms with Gasteiger partial charge in [0.05, 0.1) is 12.5 Å². The molecule has 0 bridgehead atoms. The minimum atomic E-state index is 0.128. The second-order valence-corrected chi connectivity index (χ2v) is 9.30. The van der Waals surface area contributed by atoms with Gasteiger partial charge < -0.3 is 4.90 Å². The van der Waals surface area contributed by atoms with Gasteiger partial charge in [0.1, 0.15) is 5.01 Å². The van der Waals surface area contributed by atoms with E-state index < -0.39 is 0 Å². The summed E-state index contributed by atoms with van der Waals surface area (Å²) in [4.78, 5) is 28.4. The highest BCUT2D eigenvalue weighted by Gasteiger charge is 2.32. The van der Waals surface area contributed by atoms with Crippen LogP contribution in [0.25, 0.3) is 0 Å². The molecule has 2 aliphatic rings. The SMILES string of the molecule is CN(Cc1nccs1)C(=O)[C@@H]1CCCN(C2CCN(Cc3ccncc3)CC2)C1. The van der Waals surface area contributed by atoms with Gasteiger partial charge in [0, 0.05) is 50.1 Å². The maximum absolute atomic E-state index is 13.0. The summed E-state index contributed by atoms with van der Waals surface area (Å²) in [5, 5.41) is 2.98. The fraction of sp³-hybridized carbons (Fsp3) is 0.591. The van der Waals surface area contributed by atoms with E-state index in [4.69, 9.17) is 0 Å². The summed E-state index contributed by atoms with van der Waals surface area (Å²) < 4.78 is 0. The third-order valence-corrected chi connectivity index (χ3v) is 7.03. The smallest absolute Gasteiger partial charge is 0.227 e. The van der Waals surface area contributed by atoms with Gasteiger partial charge in [-0.25, -0.2) is 4.98 Å². The lowest BCUT2D eigenvalue weighted by molar-refractivity contribution is -0.137. The molecule has 29 heavy (non-hydrogen) atoms. The zero-order valence-corrected chi connectivity index (χ0v) is 18.1. The molecule has 1 amide bonds. The number of hydrogen-bond donors (Lipinski definition) is 0. The summed E-state index contributed by atoms with van der Waals surface area (Å²) in [6.45, 7) is 5.95. The van der Waals surface area contributed by atoms with Crippen LogP contribution in [0.5, 0.6) is 0 Å². The molecule has 2 fully saturated rings. The minimum absolute atomic E-state index is 0.128. The molecule has 7 heteroatoms. The first kappa shape index (κ1) is 20.4. The van der Waals surface area contributed by atoms with Crippen LogP contribution in [0, 0.1) is 5.92 Å². The second kappa shape index (κ2) is 9.78. The zero-order valence-electron chi connectivity index (χ0n) is 17.2. The molecule has 4 heterocycles. The number of nitrogens with zero attached hydrogens (tertiary/aromatic N) is 5. The van der Waals surface area contributed by atoms with Gasteiger partial charge in [-0.05, 0) is 63.0 Å². The largest absolute Gasteiger partial charge is 0.339 e. The highest BCUT2D eigenvalue weighted by atomic mass is 32.1. The number of carbonyl (C=O) groups excluding carboxylic acids is 1. The first-order valence-corrected chi connectivity index (χ1v) is 11.6. The van der Waals surface area contributed by atoms with E-state index in [-0.39, 0.29) is 11.8 Å². The second-order valence-electron chi connectivity index (χ2n) is 8.32. The number of carbonyl (C=O) groups is 1. The van der Waals surface area contributed by atoms with Gasteiger partial charge in [-0.1, -0.05) is 0 Å². The Balaban J connectivity index is 1.26. The topological polar surface area (TPSA) is 52.6 Å². The molecule has 6 nitrogen and oxygen atoms in total. The first-order valence-electron chi connectivity index (χ1n) is 10.7. The fourth-order valence-corrected chi connectivity index (χ4v) is 5.32. The van der Waals surface area contributed by atoms with Crippen LogP contribution >= 0.6 is 11.3 Å². The van der Waals surface area contributed by atoms with Crippen LogP contribution in [0.2, 0.25) is 0 Å². The van der Waals surface area contributed by atoms with E-state index in [0.29, 0.717) is 12.6 Å². The van der Waals surface area contributed by atoms with Crippen LogP contribution < -0.4 is 0 Å². The van der Waals surface area contributed by atoms with Crippen molar-refractivity contribution in [2.75, 3.05) is 33.2 Å². The number of rotatable bonds is 6. The molecule has 0 N–H and O–H groups in total. The maximum Gasteiger partial charge on any atom is 0.227 e. The molecule has 2 aromatic rings. The van der Waals surface area contributed by atoms with Gasteiger partial charge in [0.15, 0.2) is 0 Å². The Kier molecular flexibility index (Phi) is 6.90. The summed E-state index contributed by atoms with van der Waals surface area (Å²) >= 11 is 1.62. The van der Waals surface area contributed by atoms with E-state index in [1.54, 1.807) is 11.3 Å². The van der Waals surface area contributed by atoms with E-state index >= 15 is 0 Å². The summed E-state index contributed by atoms with van der Waals surface area (Å²) in [5.41, 5.74) is 1.34. The Labute approximate surface area is 177 Å². The number of amides is 1. The van der Waals surface area contributed by atoms with Crippen LogP contribution in [-0.4, -0.2) is 69.8 Å². The first-order chi connectivity index (χ1) is 14.2. The molecule has 0 saturated carbocycles. The molecule has 0 aromatic carbocycles. The van der Waals surface area contributed by atoms with E-state index in [9.17, 15) is 4.79 Å². The van der Waals surface area contributed by atoms with E-state index in [2.05, 4.69) is 31.9 Å². The van der Waals surface area contributed by atoms with Gasteiger partial charge in [0.2, 0.25) is 5.91 Å². The Bertz CT molecular complexity index is 761. The molecule has 156 valence electrons. The highest BCUT2D eigenvalue weighted by molar-refractivity contribution is 7.09. The summed E-state index contributed by atoms with van der Waals surface area (Å²) in [7, 11) is 1.92. The average Bonchev–Trinajstić information content (AvgIpc) is 3.27. The van der Waals surface area contributed by atoms with Crippen molar-refractivity contribution in [1.29, 1.82) is 0 Å². The predicted octanol–water partition coefficient (Wildman–Crippen LogP) is 2.87. The van der Waals surface area contributed by atoms with E-state index in [1.807, 2.05) is 35.9 Å². The van der Waals surface area contributed by atoms with Crippen LogP contribution in [0.15, 0.2) is 36.1 Å². The number of pyridine rings is 1. The number of piperidine rings is 2. The number of aromatic nitrogens is 2. The molecule has 2 saturated heterocycles. The number of thiazole rings is 1. The van der Waals surface area contributed by atoms with Crippen LogP contribution in [0.3, 0.4) is 0 Å². The lowest BCUT2D eigenvalue weighted by atomic mass is 9.93. The van der Waals surface area contributed by atoms with Crippen LogP contribution in [-0.2, 0) is 17.9 Å². The van der Waals surface area contributed by atoms with Crippen molar-refractivity contribution in [2.24, 2.45) is 5.92 Å². The van der Waals surface area contributed by atoms with Crippen LogP contribution in [0.4, 0.5) is 0 Å². The molecular formula is C22H31N5OS. The van der Waals surface area contributed by atoms with Crippen molar-refractivity contribution in [1.82, 2.24) is 24.7 Å². The Morgan fingerprint density at radius 2 is 1.97 bits per heavy atom. The summed E-state index contributed by atoms with van der Waals surface area (Å²) in [5.74, 6) is 0.406. The Morgan fingerprint density at radius 3 is 2.69 bits per heavy atom. The average molecular weight is 414 g/mol. The molecule has 0 radical (unpaired) electrons. The zero-order chi connectivity index (χ0) is 20.1. The van der Waals surface area contributed by atoms with Crippen LogP contribution in [0.1, 0.15) is 36.3 Å². The highest BCUT2D eigenvalue weighted by Crippen LogP contribution is 2.26. The number of likely N-dealkylation sites (tertiary alicyclic amines) is 2. The quantitative estimate of drug-likeness (QED) is 0.729. The fourth-order valence-electron chi connectivity index (χ4n) is 4.65. The standard InChI is InChI=1S/C22H31N5OS/c1-25(17-21-24-10-14-29-21)22(28)19-3-2-11-27(16-19)20-6-12-26(13-7-20)15-18-4-8-23-9-5-18/h4-5,8-10,14,19-20H,2-3,6-7,11-13,15-17H2,1H3/t19-/m1/s1. The Hall–Kier alpha value is -1.83. The van der Waals surface area contributed by atoms with E-state index in [0.717, 1.165) is 50.6 Å². The Morgan fingerprint density at radius 1 is 1.17 bits per heavy atom. The lowest BCUT2D eigenvalue weighted by Crippen LogP contribution is -2.50. The molecule has 4 rings (SSSR count). The van der Waals surface area contributed by atoms with Crippen molar-refractivity contribution >= 4 is 17.2 Å². The van der Waals surface area contributed by atoms with Crippen molar-refractivity contribution in [3.8, 4) is 0 Å². The molecule has 1 atom stereocenters. The third kappa shape index (κ3) is 5.41. The van der Waals surface area contributed by atoms with Crippen molar-refractivity contribution in [3.63, 3.8) is 0 Å². The maximum atomic E-state index is 13.0. The molecule has 2 aromatic heterocycles. The predicted molar refractivity (Wildman–Crippen MR) is 115 cm³/mol. The van der Waals surface area contributed by atoms with Gasteiger partial charge >= 0.3 is 0 Å². The van der Waals surface area contributed by atoms with Crippen molar-refractivity contribution in [3.05, 3.63) is 46.7 Å².